The summed E-state index contributed by atoms with van der Waals surface area (Å²) >= 11 is 3.41. The van der Waals surface area contributed by atoms with E-state index in [1.165, 1.54) is 0 Å². The van der Waals surface area contributed by atoms with Crippen LogP contribution in [0.3, 0.4) is 0 Å². The van der Waals surface area contributed by atoms with Crippen LogP contribution >= 0.6 is 15.9 Å². The fourth-order valence-corrected chi connectivity index (χ4v) is 2.73. The lowest BCUT2D eigenvalue weighted by molar-refractivity contribution is 0.282. The largest absolute Gasteiger partial charge is 0.419 e. The van der Waals surface area contributed by atoms with E-state index in [1.54, 1.807) is 0 Å². The molecular formula is C14H17BrN4O. The maximum Gasteiger partial charge on any atom is 0.247 e. The third-order valence-corrected chi connectivity index (χ3v) is 4.15. The van der Waals surface area contributed by atoms with Crippen LogP contribution in [0.1, 0.15) is 12.3 Å². The van der Waals surface area contributed by atoms with E-state index in [2.05, 4.69) is 31.0 Å². The Labute approximate surface area is 126 Å². The Morgan fingerprint density at radius 3 is 2.80 bits per heavy atom. The summed E-state index contributed by atoms with van der Waals surface area (Å²) < 4.78 is 6.76. The Morgan fingerprint density at radius 2 is 2.10 bits per heavy atom. The van der Waals surface area contributed by atoms with Crippen molar-refractivity contribution < 1.29 is 4.42 Å². The minimum Gasteiger partial charge on any atom is -0.419 e. The van der Waals surface area contributed by atoms with E-state index in [-0.39, 0.29) is 0 Å². The number of likely N-dealkylation sites (tertiary alicyclic amines) is 1. The maximum absolute atomic E-state index is 5.73. The summed E-state index contributed by atoms with van der Waals surface area (Å²) in [4.78, 5) is 2.32. The highest BCUT2D eigenvalue weighted by Gasteiger charge is 2.22. The SMILES string of the molecule is NCC1CCN(Cc2nnc(-c3ccc(Br)cc3)o2)C1. The number of nitrogens with zero attached hydrogens (tertiary/aromatic N) is 3. The predicted octanol–water partition coefficient (Wildman–Crippen LogP) is 2.28. The molecule has 0 spiro atoms. The quantitative estimate of drug-likeness (QED) is 0.927. The Bertz CT molecular complexity index is 569. The molecule has 1 aromatic heterocycles. The zero-order valence-corrected chi connectivity index (χ0v) is 12.7. The van der Waals surface area contributed by atoms with Crippen LogP contribution in [0.15, 0.2) is 33.2 Å². The summed E-state index contributed by atoms with van der Waals surface area (Å²) in [6.45, 7) is 3.54. The lowest BCUT2D eigenvalue weighted by atomic mass is 10.1. The molecule has 0 radical (unpaired) electrons. The van der Waals surface area contributed by atoms with Gasteiger partial charge in [-0.05, 0) is 49.7 Å². The van der Waals surface area contributed by atoms with Gasteiger partial charge in [0.15, 0.2) is 0 Å². The lowest BCUT2D eigenvalue weighted by Gasteiger charge is -2.12. The van der Waals surface area contributed by atoms with Crippen LogP contribution in [0.25, 0.3) is 11.5 Å². The van der Waals surface area contributed by atoms with E-state index in [1.807, 2.05) is 24.3 Å². The Hall–Kier alpha value is -1.24. The molecule has 1 unspecified atom stereocenters. The van der Waals surface area contributed by atoms with Gasteiger partial charge in [-0.3, -0.25) is 4.90 Å². The Kier molecular flexibility index (Phi) is 4.14. The number of benzene rings is 1. The van der Waals surface area contributed by atoms with Gasteiger partial charge >= 0.3 is 0 Å². The number of halogens is 1. The first kappa shape index (κ1) is 13.7. The van der Waals surface area contributed by atoms with Crippen molar-refractivity contribution in [3.8, 4) is 11.5 Å². The number of nitrogens with two attached hydrogens (primary N) is 1. The summed E-state index contributed by atoms with van der Waals surface area (Å²) in [5, 5.41) is 8.24. The second-order valence-corrected chi connectivity index (χ2v) is 6.05. The molecule has 2 heterocycles. The van der Waals surface area contributed by atoms with Gasteiger partial charge in [0.25, 0.3) is 0 Å². The average Bonchev–Trinajstić information content (AvgIpc) is 3.09. The molecule has 1 aromatic carbocycles. The van der Waals surface area contributed by atoms with Crippen LogP contribution in [-0.2, 0) is 6.54 Å². The molecule has 20 heavy (non-hydrogen) atoms. The van der Waals surface area contributed by atoms with Gasteiger partial charge in [0, 0.05) is 16.6 Å². The summed E-state index contributed by atoms with van der Waals surface area (Å²) in [5.74, 6) is 1.84. The smallest absolute Gasteiger partial charge is 0.247 e. The molecule has 106 valence electrons. The molecule has 1 aliphatic rings. The summed E-state index contributed by atoms with van der Waals surface area (Å²) in [5.41, 5.74) is 6.64. The molecule has 2 aromatic rings. The van der Waals surface area contributed by atoms with Crippen LogP contribution in [0.4, 0.5) is 0 Å². The zero-order valence-electron chi connectivity index (χ0n) is 11.1. The van der Waals surface area contributed by atoms with E-state index in [4.69, 9.17) is 10.2 Å². The van der Waals surface area contributed by atoms with Gasteiger partial charge < -0.3 is 10.2 Å². The van der Waals surface area contributed by atoms with E-state index in [9.17, 15) is 0 Å². The molecule has 5 nitrogen and oxygen atoms in total. The van der Waals surface area contributed by atoms with Crippen molar-refractivity contribution in [2.45, 2.75) is 13.0 Å². The summed E-state index contributed by atoms with van der Waals surface area (Å²) in [6, 6.07) is 7.85. The molecule has 2 N–H and O–H groups in total. The average molecular weight is 337 g/mol. The maximum atomic E-state index is 5.73. The van der Waals surface area contributed by atoms with Crippen LogP contribution in [0.5, 0.6) is 0 Å². The van der Waals surface area contributed by atoms with Crippen molar-refractivity contribution in [1.29, 1.82) is 0 Å². The van der Waals surface area contributed by atoms with Gasteiger partial charge in [-0.2, -0.15) is 0 Å². The second kappa shape index (κ2) is 6.03. The van der Waals surface area contributed by atoms with Gasteiger partial charge in [0.1, 0.15) is 0 Å². The molecule has 6 heteroatoms. The highest BCUT2D eigenvalue weighted by Crippen LogP contribution is 2.22. The van der Waals surface area contributed by atoms with Crippen LogP contribution < -0.4 is 5.73 Å². The van der Waals surface area contributed by atoms with Crippen molar-refractivity contribution in [3.05, 3.63) is 34.6 Å². The number of rotatable bonds is 4. The molecule has 1 saturated heterocycles. The van der Waals surface area contributed by atoms with E-state index in [0.29, 0.717) is 24.2 Å². The van der Waals surface area contributed by atoms with E-state index < -0.39 is 0 Å². The van der Waals surface area contributed by atoms with Crippen molar-refractivity contribution >= 4 is 15.9 Å². The molecule has 0 saturated carbocycles. The highest BCUT2D eigenvalue weighted by molar-refractivity contribution is 9.10. The number of aromatic nitrogens is 2. The zero-order chi connectivity index (χ0) is 13.9. The highest BCUT2D eigenvalue weighted by atomic mass is 79.9. The Balaban J connectivity index is 1.66. The first-order chi connectivity index (χ1) is 9.74. The summed E-state index contributed by atoms with van der Waals surface area (Å²) in [7, 11) is 0. The standard InChI is InChI=1S/C14H17BrN4O/c15-12-3-1-11(2-4-12)14-18-17-13(20-14)9-19-6-5-10(7-16)8-19/h1-4,10H,5-9,16H2. The molecule has 0 amide bonds. The van der Waals surface area contributed by atoms with Crippen LogP contribution in [-0.4, -0.2) is 34.7 Å². The van der Waals surface area contributed by atoms with Gasteiger partial charge in [-0.25, -0.2) is 0 Å². The van der Waals surface area contributed by atoms with Gasteiger partial charge in [-0.15, -0.1) is 10.2 Å². The molecule has 0 bridgehead atoms. The van der Waals surface area contributed by atoms with Gasteiger partial charge in [0.2, 0.25) is 11.8 Å². The number of hydrogen-bond acceptors (Lipinski definition) is 5. The fraction of sp³-hybridized carbons (Fsp3) is 0.429. The molecule has 1 aliphatic heterocycles. The normalized spacial score (nSPS) is 19.6. The van der Waals surface area contributed by atoms with Gasteiger partial charge in [0.05, 0.1) is 6.54 Å². The number of hydrogen-bond donors (Lipinski definition) is 1. The topological polar surface area (TPSA) is 68.2 Å². The van der Waals surface area contributed by atoms with Crippen LogP contribution in [0, 0.1) is 5.92 Å². The monoisotopic (exact) mass is 336 g/mol. The lowest BCUT2D eigenvalue weighted by Crippen LogP contribution is -2.22. The minimum absolute atomic E-state index is 0.571. The molecular weight excluding hydrogens is 320 g/mol. The third-order valence-electron chi connectivity index (χ3n) is 3.62. The van der Waals surface area contributed by atoms with Crippen molar-refractivity contribution in [1.82, 2.24) is 15.1 Å². The van der Waals surface area contributed by atoms with Crippen LogP contribution in [0.2, 0.25) is 0 Å². The first-order valence-electron chi connectivity index (χ1n) is 6.75. The minimum atomic E-state index is 0.571. The molecule has 1 fully saturated rings. The second-order valence-electron chi connectivity index (χ2n) is 5.13. The molecule has 3 rings (SSSR count). The van der Waals surface area contributed by atoms with Crippen molar-refractivity contribution in [2.75, 3.05) is 19.6 Å². The predicted molar refractivity (Wildman–Crippen MR) is 79.9 cm³/mol. The molecule has 1 atom stereocenters. The summed E-state index contributed by atoms with van der Waals surface area (Å²) in [6.07, 6.45) is 1.16. The Morgan fingerprint density at radius 1 is 1.30 bits per heavy atom. The third kappa shape index (κ3) is 3.08. The van der Waals surface area contributed by atoms with Crippen molar-refractivity contribution in [3.63, 3.8) is 0 Å². The fourth-order valence-electron chi connectivity index (χ4n) is 2.47. The van der Waals surface area contributed by atoms with Crippen molar-refractivity contribution in [2.24, 2.45) is 11.7 Å². The van der Waals surface area contributed by atoms with Gasteiger partial charge in [-0.1, -0.05) is 15.9 Å². The molecule has 0 aliphatic carbocycles. The van der Waals surface area contributed by atoms with E-state index >= 15 is 0 Å². The first-order valence-corrected chi connectivity index (χ1v) is 7.54. The van der Waals surface area contributed by atoms with E-state index in [0.717, 1.165) is 36.1 Å².